The molecule has 0 amide bonds. The Morgan fingerprint density at radius 1 is 1.11 bits per heavy atom. The number of piperidine rings is 1. The molecule has 1 saturated heterocycles. The molecule has 6 nitrogen and oxygen atoms in total. The number of likely N-dealkylation sites (tertiary alicyclic amines) is 1. The van der Waals surface area contributed by atoms with Gasteiger partial charge < -0.3 is 20.1 Å². The molecular weight excluding hydrogens is 502 g/mol. The van der Waals surface area contributed by atoms with Crippen molar-refractivity contribution in [3.8, 4) is 5.75 Å². The zero-order chi connectivity index (χ0) is 27.3. The number of nitrogens with one attached hydrogen (secondary N) is 1. The van der Waals surface area contributed by atoms with Gasteiger partial charge in [0.05, 0.1) is 25.2 Å². The summed E-state index contributed by atoms with van der Waals surface area (Å²) in [6.07, 6.45) is 4.34. The maximum absolute atomic E-state index is 14.7. The van der Waals surface area contributed by atoms with E-state index in [9.17, 15) is 27.5 Å². The highest BCUT2D eigenvalue weighted by Crippen LogP contribution is 2.40. The van der Waals surface area contributed by atoms with Crippen LogP contribution in [0.15, 0.2) is 36.5 Å². The van der Waals surface area contributed by atoms with Crippen molar-refractivity contribution in [3.63, 3.8) is 0 Å². The minimum atomic E-state index is -1.50. The lowest BCUT2D eigenvalue weighted by Crippen LogP contribution is -2.43. The van der Waals surface area contributed by atoms with Crippen LogP contribution in [-0.2, 0) is 11.2 Å². The lowest BCUT2D eigenvalue weighted by atomic mass is 9.72. The average Bonchev–Trinajstić information content (AvgIpc) is 2.89. The fourth-order valence-electron chi connectivity index (χ4n) is 5.33. The van der Waals surface area contributed by atoms with Gasteiger partial charge >= 0.3 is 5.97 Å². The van der Waals surface area contributed by atoms with Crippen LogP contribution in [0.5, 0.6) is 5.75 Å². The summed E-state index contributed by atoms with van der Waals surface area (Å²) in [7, 11) is 1.55. The number of aromatic nitrogens is 1. The summed E-state index contributed by atoms with van der Waals surface area (Å²) in [6, 6.07) is 7.17. The molecule has 204 valence electrons. The lowest BCUT2D eigenvalue weighted by Gasteiger charge is -2.41. The number of carbonyl (C=O) groups is 1. The summed E-state index contributed by atoms with van der Waals surface area (Å²) in [4.78, 5) is 18.0. The molecule has 0 unspecified atom stereocenters. The lowest BCUT2D eigenvalue weighted by molar-refractivity contribution is -0.140. The van der Waals surface area contributed by atoms with Crippen LogP contribution in [0.4, 0.5) is 23.2 Å². The summed E-state index contributed by atoms with van der Waals surface area (Å²) < 4.78 is 60.0. The van der Waals surface area contributed by atoms with E-state index in [0.717, 1.165) is 12.1 Å². The molecule has 38 heavy (non-hydrogen) atoms. The van der Waals surface area contributed by atoms with Gasteiger partial charge in [-0.25, -0.2) is 17.6 Å². The van der Waals surface area contributed by atoms with Crippen molar-refractivity contribution in [3.05, 3.63) is 65.4 Å². The normalized spacial score (nSPS) is 15.5. The number of carboxylic acid groups (broad SMARTS) is 1. The van der Waals surface area contributed by atoms with Gasteiger partial charge in [0.25, 0.3) is 0 Å². The maximum atomic E-state index is 14.7. The second-order valence-corrected chi connectivity index (χ2v) is 9.91. The smallest absolute Gasteiger partial charge is 0.303 e. The van der Waals surface area contributed by atoms with Crippen molar-refractivity contribution in [1.82, 2.24) is 9.88 Å². The fourth-order valence-corrected chi connectivity index (χ4v) is 5.33. The Morgan fingerprint density at radius 3 is 2.47 bits per heavy atom. The highest BCUT2D eigenvalue weighted by atomic mass is 19.2. The van der Waals surface area contributed by atoms with E-state index in [0.29, 0.717) is 80.5 Å². The van der Waals surface area contributed by atoms with Gasteiger partial charge in [-0.1, -0.05) is 0 Å². The van der Waals surface area contributed by atoms with E-state index < -0.39 is 28.8 Å². The molecule has 1 aromatic heterocycles. The first-order valence-corrected chi connectivity index (χ1v) is 12.6. The maximum Gasteiger partial charge on any atom is 0.303 e. The first-order valence-electron chi connectivity index (χ1n) is 12.6. The SMILES string of the molecule is COc1ccc2ncc(F)c(CCCC3(CC(=O)O)CCN(CCNc4cc(F)c(F)c(F)c4)CC3)c2c1. The molecule has 4 rings (SSSR count). The molecule has 10 heteroatoms. The van der Waals surface area contributed by atoms with Gasteiger partial charge in [-0.2, -0.15) is 0 Å². The summed E-state index contributed by atoms with van der Waals surface area (Å²) >= 11 is 0. The molecule has 2 N–H and O–H groups in total. The highest BCUT2D eigenvalue weighted by Gasteiger charge is 2.36. The molecule has 2 aromatic carbocycles. The van der Waals surface area contributed by atoms with Gasteiger partial charge in [-0.3, -0.25) is 9.78 Å². The van der Waals surface area contributed by atoms with E-state index in [1.54, 1.807) is 25.3 Å². The molecule has 1 aliphatic heterocycles. The molecule has 0 aliphatic carbocycles. The first kappa shape index (κ1) is 27.6. The monoisotopic (exact) mass is 533 g/mol. The van der Waals surface area contributed by atoms with Gasteiger partial charge in [0.1, 0.15) is 11.6 Å². The van der Waals surface area contributed by atoms with Gasteiger partial charge in [0, 0.05) is 36.3 Å². The number of methoxy groups -OCH3 is 1. The van der Waals surface area contributed by atoms with E-state index >= 15 is 0 Å². The number of fused-ring (bicyclic) bond motifs is 1. The van der Waals surface area contributed by atoms with Crippen molar-refractivity contribution >= 4 is 22.6 Å². The van der Waals surface area contributed by atoms with Crippen LogP contribution in [0.2, 0.25) is 0 Å². The molecule has 1 aliphatic rings. The van der Waals surface area contributed by atoms with Gasteiger partial charge in [0.15, 0.2) is 17.5 Å². The number of carboxylic acids is 1. The van der Waals surface area contributed by atoms with E-state index in [1.165, 1.54) is 6.20 Å². The minimum absolute atomic E-state index is 0.0423. The van der Waals surface area contributed by atoms with Crippen LogP contribution in [-0.4, -0.2) is 54.2 Å². The van der Waals surface area contributed by atoms with E-state index in [2.05, 4.69) is 15.2 Å². The van der Waals surface area contributed by atoms with Crippen molar-refractivity contribution in [2.45, 2.75) is 38.5 Å². The molecule has 0 spiro atoms. The van der Waals surface area contributed by atoms with Crippen LogP contribution in [0.25, 0.3) is 10.9 Å². The largest absolute Gasteiger partial charge is 0.497 e. The topological polar surface area (TPSA) is 74.7 Å². The van der Waals surface area contributed by atoms with Crippen LogP contribution < -0.4 is 10.1 Å². The minimum Gasteiger partial charge on any atom is -0.497 e. The third-order valence-electron chi connectivity index (χ3n) is 7.45. The number of benzene rings is 2. The number of hydrogen-bond acceptors (Lipinski definition) is 5. The van der Waals surface area contributed by atoms with Crippen LogP contribution in [0.3, 0.4) is 0 Å². The number of rotatable bonds is 11. The Balaban J connectivity index is 1.34. The Morgan fingerprint density at radius 2 is 1.82 bits per heavy atom. The zero-order valence-electron chi connectivity index (χ0n) is 21.2. The Labute approximate surface area is 218 Å². The molecule has 0 radical (unpaired) electrons. The third kappa shape index (κ3) is 6.53. The number of nitrogens with zero attached hydrogens (tertiary/aromatic N) is 2. The molecule has 1 fully saturated rings. The fraction of sp³-hybridized carbons (Fsp3) is 0.429. The van der Waals surface area contributed by atoms with Gasteiger partial charge in [0.2, 0.25) is 0 Å². The number of halogens is 4. The van der Waals surface area contributed by atoms with Crippen molar-refractivity contribution < 1.29 is 32.2 Å². The number of pyridine rings is 1. The summed E-state index contributed by atoms with van der Waals surface area (Å²) in [6.45, 7) is 2.32. The summed E-state index contributed by atoms with van der Waals surface area (Å²) in [5, 5.41) is 13.2. The van der Waals surface area contributed by atoms with Crippen molar-refractivity contribution in [2.75, 3.05) is 38.6 Å². The third-order valence-corrected chi connectivity index (χ3v) is 7.45. The number of aliphatic carboxylic acids is 1. The predicted octanol–water partition coefficient (Wildman–Crippen LogP) is 5.79. The zero-order valence-corrected chi connectivity index (χ0v) is 21.2. The summed E-state index contributed by atoms with van der Waals surface area (Å²) in [5.41, 5.74) is 0.995. The summed E-state index contributed by atoms with van der Waals surface area (Å²) in [5.74, 6) is -4.62. The Hall–Kier alpha value is -3.40. The number of hydrogen-bond donors (Lipinski definition) is 2. The number of aryl methyl sites for hydroxylation is 1. The number of ether oxygens (including phenoxy) is 1. The van der Waals surface area contributed by atoms with E-state index in [1.807, 2.05) is 0 Å². The van der Waals surface area contributed by atoms with E-state index in [-0.39, 0.29) is 17.9 Å². The van der Waals surface area contributed by atoms with Gasteiger partial charge in [-0.05, 0) is 74.4 Å². The number of anilines is 1. The van der Waals surface area contributed by atoms with Crippen molar-refractivity contribution in [2.24, 2.45) is 5.41 Å². The molecule has 0 atom stereocenters. The van der Waals surface area contributed by atoms with Gasteiger partial charge in [-0.15, -0.1) is 0 Å². The van der Waals surface area contributed by atoms with Crippen LogP contribution in [0, 0.1) is 28.7 Å². The highest BCUT2D eigenvalue weighted by molar-refractivity contribution is 5.83. The Bertz CT molecular complexity index is 1270. The average molecular weight is 534 g/mol. The van der Waals surface area contributed by atoms with E-state index in [4.69, 9.17) is 4.74 Å². The Kier molecular flexibility index (Phi) is 8.71. The quantitative estimate of drug-likeness (QED) is 0.240. The first-order chi connectivity index (χ1) is 18.2. The molecule has 2 heterocycles. The van der Waals surface area contributed by atoms with Crippen LogP contribution >= 0.6 is 0 Å². The molecule has 0 saturated carbocycles. The standard InChI is InChI=1S/C28H31F4N3O3/c1-38-19-4-5-25-21(15-19)20(24(31)17-34-25)3-2-6-28(16-26(36)37)7-10-35(11-8-28)12-9-33-18-13-22(29)27(32)23(30)14-18/h4-5,13-15,17,33H,2-3,6-12,16H2,1H3,(H,36,37). The predicted molar refractivity (Wildman–Crippen MR) is 136 cm³/mol. The molecule has 3 aromatic rings. The molecular formula is C28H31F4N3O3. The van der Waals surface area contributed by atoms with Crippen LogP contribution in [0.1, 0.15) is 37.7 Å². The molecule has 0 bridgehead atoms. The second-order valence-electron chi connectivity index (χ2n) is 9.91. The van der Waals surface area contributed by atoms with Crippen molar-refractivity contribution in [1.29, 1.82) is 0 Å². The second kappa shape index (κ2) is 12.0.